The number of nitrogens with two attached hydrogens (primary N) is 2. The number of thioether (sulfide) groups is 1. The van der Waals surface area contributed by atoms with Gasteiger partial charge in [0.2, 0.25) is 10.0 Å². The smallest absolute Gasteiger partial charge is 0.405 e. The van der Waals surface area contributed by atoms with Crippen molar-refractivity contribution in [3.05, 3.63) is 46.5 Å². The second-order valence-electron chi connectivity index (χ2n) is 8.46. The van der Waals surface area contributed by atoms with Crippen molar-refractivity contribution in [3.63, 3.8) is 0 Å². The Kier molecular flexibility index (Phi) is 9.52. The second kappa shape index (κ2) is 12.6. The van der Waals surface area contributed by atoms with E-state index in [0.717, 1.165) is 5.56 Å². The number of rotatable bonds is 9. The predicted octanol–water partition coefficient (Wildman–Crippen LogP) is 1.51. The maximum absolute atomic E-state index is 11.9. The van der Waals surface area contributed by atoms with Gasteiger partial charge in [-0.2, -0.15) is 10.5 Å². The highest BCUT2D eigenvalue weighted by atomic mass is 32.2. The third kappa shape index (κ3) is 7.13. The number of nitrogens with zero attached hydrogens (tertiary/aromatic N) is 4. The number of nitrogens with one attached hydrogen (secondary N) is 1. The monoisotopic (exact) mass is 557 g/mol. The van der Waals surface area contributed by atoms with Crippen molar-refractivity contribution in [1.29, 1.82) is 10.5 Å². The van der Waals surface area contributed by atoms with Gasteiger partial charge < -0.3 is 20.7 Å². The molecule has 200 valence electrons. The maximum atomic E-state index is 11.9. The first kappa shape index (κ1) is 28.7. The molecular weight excluding hydrogens is 530 g/mol. The normalized spacial score (nSPS) is 13.8. The number of amides is 2. The fraction of sp³-hybridized carbons (Fsp3) is 0.375. The van der Waals surface area contributed by atoms with Crippen LogP contribution in [0, 0.1) is 22.7 Å². The van der Waals surface area contributed by atoms with Crippen molar-refractivity contribution in [3.8, 4) is 12.1 Å². The molecule has 0 unspecified atom stereocenters. The molecule has 2 heterocycles. The average molecular weight is 558 g/mol. The van der Waals surface area contributed by atoms with Gasteiger partial charge in [0, 0.05) is 24.9 Å². The molecule has 1 aliphatic heterocycles. The predicted molar refractivity (Wildman–Crippen MR) is 139 cm³/mol. The summed E-state index contributed by atoms with van der Waals surface area (Å²) in [5.74, 6) is 0.459. The Morgan fingerprint density at radius 1 is 1.18 bits per heavy atom. The highest BCUT2D eigenvalue weighted by Crippen LogP contribution is 2.34. The van der Waals surface area contributed by atoms with Gasteiger partial charge in [-0.05, 0) is 42.5 Å². The number of nitriles is 2. The zero-order valence-corrected chi connectivity index (χ0v) is 22.3. The molecule has 1 aromatic heterocycles. The van der Waals surface area contributed by atoms with Gasteiger partial charge >= 0.3 is 6.09 Å². The topological polar surface area (TPSA) is 205 Å². The quantitative estimate of drug-likeness (QED) is 0.379. The van der Waals surface area contributed by atoms with Crippen molar-refractivity contribution < 1.29 is 22.7 Å². The molecule has 0 aliphatic carbocycles. The summed E-state index contributed by atoms with van der Waals surface area (Å²) in [4.78, 5) is 29.3. The van der Waals surface area contributed by atoms with Crippen molar-refractivity contribution in [1.82, 2.24) is 10.3 Å². The standard InChI is InChI=1S/C24H27N7O5S2/c1-2-18-19(11-25)22(31-9-7-16(8-10-31)29-21(32)13-36-24(27)33)30-23(20(18)12-26)37-14-15-3-5-17(6-4-15)38(28,34)35/h3-6,16H,2,7-10,13-14H2,1H3,(H2,27,33)(H,29,32)(H2,28,34,35). The number of pyridine rings is 1. The molecule has 1 saturated heterocycles. The lowest BCUT2D eigenvalue weighted by Gasteiger charge is -2.34. The van der Waals surface area contributed by atoms with Crippen molar-refractivity contribution in [2.24, 2.45) is 10.9 Å². The Bertz CT molecular complexity index is 1390. The first-order valence-corrected chi connectivity index (χ1v) is 14.2. The molecule has 0 bridgehead atoms. The fourth-order valence-electron chi connectivity index (χ4n) is 4.09. The van der Waals surface area contributed by atoms with Gasteiger partial charge in [-0.15, -0.1) is 11.8 Å². The third-order valence-corrected chi connectivity index (χ3v) is 7.93. The van der Waals surface area contributed by atoms with Crippen LogP contribution in [0.5, 0.6) is 0 Å². The van der Waals surface area contributed by atoms with Crippen LogP contribution < -0.4 is 21.1 Å². The summed E-state index contributed by atoms with van der Waals surface area (Å²) in [5.41, 5.74) is 7.01. The molecule has 0 spiro atoms. The summed E-state index contributed by atoms with van der Waals surface area (Å²) in [6.07, 6.45) is 0.598. The van der Waals surface area contributed by atoms with Gasteiger partial charge in [-0.25, -0.2) is 23.3 Å². The van der Waals surface area contributed by atoms with E-state index >= 15 is 0 Å². The third-order valence-electron chi connectivity index (χ3n) is 5.96. The largest absolute Gasteiger partial charge is 0.440 e. The molecule has 2 amide bonds. The van der Waals surface area contributed by atoms with Crippen molar-refractivity contribution >= 4 is 39.6 Å². The summed E-state index contributed by atoms with van der Waals surface area (Å²) in [6.45, 7) is 2.45. The van der Waals surface area contributed by atoms with Crippen LogP contribution in [0.3, 0.4) is 0 Å². The molecule has 14 heteroatoms. The highest BCUT2D eigenvalue weighted by Gasteiger charge is 2.27. The van der Waals surface area contributed by atoms with E-state index < -0.39 is 28.6 Å². The van der Waals surface area contributed by atoms with Crippen LogP contribution in [0.2, 0.25) is 0 Å². The minimum absolute atomic E-state index is 0.0102. The minimum atomic E-state index is -3.80. The molecule has 0 radical (unpaired) electrons. The van der Waals surface area contributed by atoms with E-state index in [2.05, 4.69) is 22.2 Å². The molecule has 0 saturated carbocycles. The fourth-order valence-corrected chi connectivity index (χ4v) is 5.56. The van der Waals surface area contributed by atoms with E-state index in [1.807, 2.05) is 11.8 Å². The summed E-state index contributed by atoms with van der Waals surface area (Å²) < 4.78 is 27.5. The first-order chi connectivity index (χ1) is 18.1. The molecule has 5 N–H and O–H groups in total. The van der Waals surface area contributed by atoms with E-state index in [-0.39, 0.29) is 10.9 Å². The first-order valence-electron chi connectivity index (χ1n) is 11.7. The van der Waals surface area contributed by atoms with Gasteiger partial charge in [0.1, 0.15) is 23.0 Å². The van der Waals surface area contributed by atoms with E-state index in [9.17, 15) is 28.5 Å². The number of anilines is 1. The van der Waals surface area contributed by atoms with Gasteiger partial charge in [0.15, 0.2) is 6.61 Å². The zero-order valence-electron chi connectivity index (χ0n) is 20.6. The summed E-state index contributed by atoms with van der Waals surface area (Å²) >= 11 is 1.32. The number of aromatic nitrogens is 1. The molecule has 1 fully saturated rings. The van der Waals surface area contributed by atoms with Gasteiger partial charge in [0.05, 0.1) is 16.0 Å². The summed E-state index contributed by atoms with van der Waals surface area (Å²) in [6, 6.07) is 10.4. The molecule has 1 aromatic carbocycles. The molecule has 0 atom stereocenters. The summed E-state index contributed by atoms with van der Waals surface area (Å²) in [7, 11) is -3.80. The van der Waals surface area contributed by atoms with E-state index in [0.29, 0.717) is 65.6 Å². The molecule has 12 nitrogen and oxygen atoms in total. The number of benzene rings is 1. The van der Waals surface area contributed by atoms with Crippen molar-refractivity contribution in [2.45, 2.75) is 47.9 Å². The van der Waals surface area contributed by atoms with Crippen LogP contribution in [0.15, 0.2) is 34.2 Å². The number of piperidine rings is 1. The number of hydrogen-bond donors (Lipinski definition) is 3. The Morgan fingerprint density at radius 3 is 2.34 bits per heavy atom. The number of sulfonamides is 1. The maximum Gasteiger partial charge on any atom is 0.405 e. The minimum Gasteiger partial charge on any atom is -0.440 e. The lowest BCUT2D eigenvalue weighted by Crippen LogP contribution is -2.46. The van der Waals surface area contributed by atoms with Crippen LogP contribution in [-0.2, 0) is 31.7 Å². The van der Waals surface area contributed by atoms with Crippen LogP contribution in [0.4, 0.5) is 10.6 Å². The van der Waals surface area contributed by atoms with Crippen LogP contribution in [-0.4, -0.2) is 51.1 Å². The Hall–Kier alpha value is -3.85. The number of hydrogen-bond acceptors (Lipinski definition) is 10. The Morgan fingerprint density at radius 2 is 1.82 bits per heavy atom. The van der Waals surface area contributed by atoms with Gasteiger partial charge in [-0.1, -0.05) is 19.1 Å². The average Bonchev–Trinajstić information content (AvgIpc) is 2.89. The molecule has 38 heavy (non-hydrogen) atoms. The lowest BCUT2D eigenvalue weighted by molar-refractivity contribution is -0.124. The van der Waals surface area contributed by atoms with Crippen molar-refractivity contribution in [2.75, 3.05) is 24.6 Å². The van der Waals surface area contributed by atoms with E-state index in [4.69, 9.17) is 15.9 Å². The summed E-state index contributed by atoms with van der Waals surface area (Å²) in [5, 5.41) is 28.3. The number of primary sulfonamides is 1. The highest BCUT2D eigenvalue weighted by molar-refractivity contribution is 7.98. The lowest BCUT2D eigenvalue weighted by atomic mass is 10.00. The van der Waals surface area contributed by atoms with Gasteiger partial charge in [0.25, 0.3) is 5.91 Å². The van der Waals surface area contributed by atoms with E-state index in [1.54, 1.807) is 12.1 Å². The van der Waals surface area contributed by atoms with Crippen LogP contribution in [0.25, 0.3) is 0 Å². The van der Waals surface area contributed by atoms with Crippen LogP contribution in [0.1, 0.15) is 42.0 Å². The second-order valence-corrected chi connectivity index (χ2v) is 11.0. The number of primary amides is 1. The van der Waals surface area contributed by atoms with E-state index in [1.165, 1.54) is 23.9 Å². The SMILES string of the molecule is CCc1c(C#N)c(SCc2ccc(S(N)(=O)=O)cc2)nc(N2CCC(NC(=O)COC(N)=O)CC2)c1C#N. The molecule has 2 aromatic rings. The van der Waals surface area contributed by atoms with Gasteiger partial charge in [-0.3, -0.25) is 4.79 Å². The zero-order chi connectivity index (χ0) is 27.9. The number of carbonyl (C=O) groups is 2. The Labute approximate surface area is 225 Å². The van der Waals surface area contributed by atoms with Crippen LogP contribution >= 0.6 is 11.8 Å². The number of ether oxygens (including phenoxy) is 1. The molecular formula is C24H27N7O5S2. The number of carbonyl (C=O) groups excluding carboxylic acids is 2. The molecule has 1 aliphatic rings. The Balaban J connectivity index is 1.80. The molecule has 3 rings (SSSR count).